The summed E-state index contributed by atoms with van der Waals surface area (Å²) in [4.78, 5) is 27.3. The number of aliphatic hydroxyl groups is 1. The van der Waals surface area contributed by atoms with Gasteiger partial charge in [-0.05, 0) is 35.9 Å². The minimum atomic E-state index is -0.938. The van der Waals surface area contributed by atoms with Crippen LogP contribution in [-0.4, -0.2) is 50.8 Å². The highest BCUT2D eigenvalue weighted by atomic mass is 32.1. The summed E-state index contributed by atoms with van der Waals surface area (Å²) >= 11 is 1.45. The molecule has 1 aliphatic heterocycles. The summed E-state index contributed by atoms with van der Waals surface area (Å²) in [7, 11) is 0. The van der Waals surface area contributed by atoms with E-state index in [1.165, 1.54) is 11.3 Å². The van der Waals surface area contributed by atoms with E-state index in [2.05, 4.69) is 10.4 Å². The van der Waals surface area contributed by atoms with Crippen molar-refractivity contribution >= 4 is 23.2 Å². The number of aliphatic hydroxyl groups excluding tert-OH is 1. The predicted molar refractivity (Wildman–Crippen MR) is 119 cm³/mol. The Bertz CT molecular complexity index is 991. The molecule has 0 bridgehead atoms. The highest BCUT2D eigenvalue weighted by Gasteiger charge is 2.45. The lowest BCUT2D eigenvalue weighted by molar-refractivity contribution is -0.137. The number of amides is 2. The van der Waals surface area contributed by atoms with Crippen LogP contribution in [0.15, 0.2) is 65.6 Å². The molecule has 0 aliphatic carbocycles. The number of hydrogen-bond acceptors (Lipinski definition) is 5. The molecule has 0 radical (unpaired) electrons. The van der Waals surface area contributed by atoms with Gasteiger partial charge in [-0.1, -0.05) is 30.3 Å². The number of carbonyl (C=O) groups excluding carboxylic acids is 2. The first-order chi connectivity index (χ1) is 15.1. The van der Waals surface area contributed by atoms with Crippen LogP contribution < -0.4 is 5.32 Å². The molecule has 31 heavy (non-hydrogen) atoms. The number of rotatable bonds is 7. The van der Waals surface area contributed by atoms with Crippen LogP contribution in [0.3, 0.4) is 0 Å². The van der Waals surface area contributed by atoms with Gasteiger partial charge in [-0.3, -0.25) is 14.3 Å². The molecule has 0 saturated carbocycles. The summed E-state index contributed by atoms with van der Waals surface area (Å²) in [6, 6.07) is 13.2. The highest BCUT2D eigenvalue weighted by Crippen LogP contribution is 2.34. The van der Waals surface area contributed by atoms with Crippen molar-refractivity contribution in [3.63, 3.8) is 0 Å². The van der Waals surface area contributed by atoms with Gasteiger partial charge in [0, 0.05) is 43.8 Å². The third-order valence-electron chi connectivity index (χ3n) is 5.84. The molecule has 0 unspecified atom stereocenters. The fourth-order valence-corrected chi connectivity index (χ4v) is 4.74. The lowest BCUT2D eigenvalue weighted by atomic mass is 9.78. The Hall–Kier alpha value is -2.97. The molecule has 3 aromatic rings. The normalized spacial score (nSPS) is 21.1. The molecule has 162 valence electrons. The Morgan fingerprint density at radius 1 is 1.23 bits per heavy atom. The second kappa shape index (κ2) is 9.45. The van der Waals surface area contributed by atoms with Crippen molar-refractivity contribution in [3.8, 4) is 0 Å². The molecule has 7 nitrogen and oxygen atoms in total. The number of benzene rings is 1. The van der Waals surface area contributed by atoms with Gasteiger partial charge < -0.3 is 15.3 Å². The van der Waals surface area contributed by atoms with Gasteiger partial charge in [0.25, 0.3) is 5.91 Å². The summed E-state index contributed by atoms with van der Waals surface area (Å²) in [5, 5.41) is 22.1. The second-order valence-corrected chi connectivity index (χ2v) is 8.56. The van der Waals surface area contributed by atoms with Gasteiger partial charge in [0.1, 0.15) is 0 Å². The number of likely N-dealkylation sites (tertiary alicyclic amines) is 1. The van der Waals surface area contributed by atoms with Crippen LogP contribution in [0, 0.1) is 0 Å². The van der Waals surface area contributed by atoms with Crippen molar-refractivity contribution < 1.29 is 14.7 Å². The van der Waals surface area contributed by atoms with E-state index in [1.807, 2.05) is 48.0 Å². The molecule has 1 saturated heterocycles. The van der Waals surface area contributed by atoms with Crippen molar-refractivity contribution in [3.05, 3.63) is 76.7 Å². The lowest BCUT2D eigenvalue weighted by Crippen LogP contribution is -2.62. The number of aromatic nitrogens is 2. The third kappa shape index (κ3) is 4.70. The monoisotopic (exact) mass is 438 g/mol. The van der Waals surface area contributed by atoms with Crippen molar-refractivity contribution in [1.82, 2.24) is 20.0 Å². The average molecular weight is 439 g/mol. The average Bonchev–Trinajstić information content (AvgIpc) is 3.50. The molecule has 2 N–H and O–H groups in total. The molecule has 1 fully saturated rings. The van der Waals surface area contributed by atoms with E-state index in [0.29, 0.717) is 37.9 Å². The van der Waals surface area contributed by atoms with Crippen LogP contribution in [0.5, 0.6) is 0 Å². The quantitative estimate of drug-likeness (QED) is 0.594. The van der Waals surface area contributed by atoms with E-state index in [9.17, 15) is 14.7 Å². The highest BCUT2D eigenvalue weighted by molar-refractivity contribution is 7.08. The number of β-amino-alcohol motifs (C(OH)–C–C–N with tert-alkyl or cyclic N) is 1. The van der Waals surface area contributed by atoms with Crippen LogP contribution in [0.25, 0.3) is 0 Å². The van der Waals surface area contributed by atoms with E-state index in [1.54, 1.807) is 27.2 Å². The first-order valence-electron chi connectivity index (χ1n) is 10.4. The van der Waals surface area contributed by atoms with Crippen LogP contribution in [-0.2, 0) is 16.9 Å². The third-order valence-corrected chi connectivity index (χ3v) is 6.52. The summed E-state index contributed by atoms with van der Waals surface area (Å²) in [6.07, 6.45) is 4.20. The van der Waals surface area contributed by atoms with E-state index in [-0.39, 0.29) is 18.4 Å². The molecule has 2 amide bonds. The Kier molecular flexibility index (Phi) is 6.48. The standard InChI is InChI=1S/C23H26N4O3S/c28-20-16-26(21(29)8-4-12-27-13-5-11-24-27)14-10-23(20,19-6-2-1-3-7-19)25-22(30)18-9-15-31-17-18/h1-3,5-7,9,11,13,15,17,20,28H,4,8,10,12,14,16H2,(H,25,30)/t20-,23-/m1/s1. The van der Waals surface area contributed by atoms with E-state index >= 15 is 0 Å². The Balaban J connectivity index is 1.45. The summed E-state index contributed by atoms with van der Waals surface area (Å²) in [5.41, 5.74) is 0.480. The number of carbonyl (C=O) groups is 2. The zero-order valence-corrected chi connectivity index (χ0v) is 18.0. The summed E-state index contributed by atoms with van der Waals surface area (Å²) < 4.78 is 1.80. The summed E-state index contributed by atoms with van der Waals surface area (Å²) in [5.74, 6) is -0.208. The topological polar surface area (TPSA) is 87.5 Å². The molecule has 4 rings (SSSR count). The van der Waals surface area contributed by atoms with E-state index in [0.717, 1.165) is 5.56 Å². The maximum atomic E-state index is 12.9. The minimum absolute atomic E-state index is 0.0111. The molecular formula is C23H26N4O3S. The van der Waals surface area contributed by atoms with Crippen LogP contribution >= 0.6 is 11.3 Å². The van der Waals surface area contributed by atoms with Gasteiger partial charge in [-0.25, -0.2) is 0 Å². The minimum Gasteiger partial charge on any atom is -0.388 e. The van der Waals surface area contributed by atoms with E-state index < -0.39 is 11.6 Å². The smallest absolute Gasteiger partial charge is 0.252 e. The number of nitrogens with one attached hydrogen (secondary N) is 1. The Morgan fingerprint density at radius 2 is 2.06 bits per heavy atom. The molecule has 8 heteroatoms. The largest absolute Gasteiger partial charge is 0.388 e. The van der Waals surface area contributed by atoms with Crippen molar-refractivity contribution in [2.75, 3.05) is 13.1 Å². The Morgan fingerprint density at radius 3 is 2.74 bits per heavy atom. The van der Waals surface area contributed by atoms with Crippen molar-refractivity contribution in [2.45, 2.75) is 37.5 Å². The molecule has 3 heterocycles. The van der Waals surface area contributed by atoms with Gasteiger partial charge in [-0.2, -0.15) is 16.4 Å². The number of thiophene rings is 1. The van der Waals surface area contributed by atoms with Crippen molar-refractivity contribution in [2.24, 2.45) is 0 Å². The van der Waals surface area contributed by atoms with Crippen LogP contribution in [0.4, 0.5) is 0 Å². The first-order valence-corrected chi connectivity index (χ1v) is 11.4. The maximum Gasteiger partial charge on any atom is 0.252 e. The number of nitrogens with zero attached hydrogens (tertiary/aromatic N) is 3. The molecule has 1 aliphatic rings. The first kappa shape index (κ1) is 21.3. The fourth-order valence-electron chi connectivity index (χ4n) is 4.10. The van der Waals surface area contributed by atoms with E-state index in [4.69, 9.17) is 0 Å². The summed E-state index contributed by atoms with van der Waals surface area (Å²) in [6.45, 7) is 1.33. The zero-order chi connectivity index (χ0) is 21.7. The number of aryl methyl sites for hydroxylation is 1. The molecular weight excluding hydrogens is 412 g/mol. The van der Waals surface area contributed by atoms with Crippen molar-refractivity contribution in [1.29, 1.82) is 0 Å². The maximum absolute atomic E-state index is 12.9. The second-order valence-electron chi connectivity index (χ2n) is 7.78. The van der Waals surface area contributed by atoms with Gasteiger partial charge >= 0.3 is 0 Å². The molecule has 2 atom stereocenters. The number of hydrogen-bond donors (Lipinski definition) is 2. The zero-order valence-electron chi connectivity index (χ0n) is 17.2. The molecule has 0 spiro atoms. The van der Waals surface area contributed by atoms with Gasteiger partial charge in [0.2, 0.25) is 5.91 Å². The van der Waals surface area contributed by atoms with Crippen LogP contribution in [0.1, 0.15) is 35.2 Å². The fraction of sp³-hybridized carbons (Fsp3) is 0.348. The van der Waals surface area contributed by atoms with Gasteiger partial charge in [0.05, 0.1) is 17.2 Å². The van der Waals surface area contributed by atoms with Gasteiger partial charge in [0.15, 0.2) is 0 Å². The number of piperidine rings is 1. The van der Waals surface area contributed by atoms with Gasteiger partial charge in [-0.15, -0.1) is 0 Å². The lowest BCUT2D eigenvalue weighted by Gasteiger charge is -2.46. The molecule has 1 aromatic carbocycles. The Labute approximate surface area is 185 Å². The molecule has 2 aromatic heterocycles. The van der Waals surface area contributed by atoms with Crippen LogP contribution in [0.2, 0.25) is 0 Å². The SMILES string of the molecule is O=C(N[C@@]1(c2ccccc2)CCN(C(=O)CCCn2cccn2)C[C@H]1O)c1ccsc1. The predicted octanol–water partition coefficient (Wildman–Crippen LogP) is 2.64.